The van der Waals surface area contributed by atoms with Crippen molar-refractivity contribution in [3.05, 3.63) is 34.9 Å². The molecule has 2 nitrogen and oxygen atoms in total. The predicted octanol–water partition coefficient (Wildman–Crippen LogP) is 1.60. The third kappa shape index (κ3) is 3.04. The SMILES string of the molecule is C#CCN[C@@H](CO)c1ccc(Cl)cc1. The van der Waals surface area contributed by atoms with Crippen LogP contribution in [0.15, 0.2) is 24.3 Å². The molecule has 0 unspecified atom stereocenters. The Morgan fingerprint density at radius 3 is 2.57 bits per heavy atom. The van der Waals surface area contributed by atoms with E-state index >= 15 is 0 Å². The lowest BCUT2D eigenvalue weighted by Gasteiger charge is -2.14. The maximum atomic E-state index is 9.11. The van der Waals surface area contributed by atoms with E-state index in [0.717, 1.165) is 5.56 Å². The molecule has 1 aromatic rings. The van der Waals surface area contributed by atoms with E-state index in [1.165, 1.54) is 0 Å². The number of hydrogen-bond donors (Lipinski definition) is 2. The van der Waals surface area contributed by atoms with Gasteiger partial charge in [-0.15, -0.1) is 6.42 Å². The van der Waals surface area contributed by atoms with Crippen molar-refractivity contribution in [2.24, 2.45) is 0 Å². The number of halogens is 1. The van der Waals surface area contributed by atoms with Gasteiger partial charge in [0.2, 0.25) is 0 Å². The summed E-state index contributed by atoms with van der Waals surface area (Å²) in [4.78, 5) is 0. The molecule has 74 valence electrons. The van der Waals surface area contributed by atoms with Gasteiger partial charge in [-0.05, 0) is 17.7 Å². The highest BCUT2D eigenvalue weighted by Gasteiger charge is 2.07. The standard InChI is InChI=1S/C11H12ClNO/c1-2-7-13-11(8-14)9-3-5-10(12)6-4-9/h1,3-6,11,13-14H,7-8H2/t11-/m0/s1. The van der Waals surface area contributed by atoms with Gasteiger partial charge in [-0.3, -0.25) is 5.32 Å². The maximum Gasteiger partial charge on any atom is 0.0626 e. The zero-order valence-electron chi connectivity index (χ0n) is 7.70. The van der Waals surface area contributed by atoms with Crippen LogP contribution in [0.5, 0.6) is 0 Å². The predicted molar refractivity (Wildman–Crippen MR) is 58.1 cm³/mol. The third-order valence-corrected chi connectivity index (χ3v) is 2.16. The molecule has 1 atom stereocenters. The second-order valence-electron chi connectivity index (χ2n) is 2.87. The Balaban J connectivity index is 2.69. The van der Waals surface area contributed by atoms with E-state index < -0.39 is 0 Å². The lowest BCUT2D eigenvalue weighted by atomic mass is 10.1. The molecule has 0 aliphatic heterocycles. The van der Waals surface area contributed by atoms with E-state index in [-0.39, 0.29) is 12.6 Å². The molecule has 0 aromatic heterocycles. The Morgan fingerprint density at radius 2 is 2.07 bits per heavy atom. The Morgan fingerprint density at radius 1 is 1.43 bits per heavy atom. The number of rotatable bonds is 4. The molecule has 0 radical (unpaired) electrons. The Bertz CT molecular complexity index is 315. The summed E-state index contributed by atoms with van der Waals surface area (Å²) < 4.78 is 0. The van der Waals surface area contributed by atoms with Gasteiger partial charge in [0.05, 0.1) is 19.2 Å². The molecule has 1 aromatic carbocycles. The van der Waals surface area contributed by atoms with Crippen molar-refractivity contribution >= 4 is 11.6 Å². The van der Waals surface area contributed by atoms with Crippen molar-refractivity contribution in [2.45, 2.75) is 6.04 Å². The summed E-state index contributed by atoms with van der Waals surface area (Å²) in [6.07, 6.45) is 5.12. The van der Waals surface area contributed by atoms with Crippen molar-refractivity contribution in [2.75, 3.05) is 13.2 Å². The fourth-order valence-electron chi connectivity index (χ4n) is 1.17. The molecule has 0 fully saturated rings. The monoisotopic (exact) mass is 209 g/mol. The lowest BCUT2D eigenvalue weighted by molar-refractivity contribution is 0.248. The molecule has 14 heavy (non-hydrogen) atoms. The summed E-state index contributed by atoms with van der Waals surface area (Å²) in [7, 11) is 0. The van der Waals surface area contributed by atoms with Crippen molar-refractivity contribution < 1.29 is 5.11 Å². The molecular weight excluding hydrogens is 198 g/mol. The third-order valence-electron chi connectivity index (χ3n) is 1.91. The smallest absolute Gasteiger partial charge is 0.0626 e. The van der Waals surface area contributed by atoms with Gasteiger partial charge in [0.15, 0.2) is 0 Å². The molecule has 0 saturated heterocycles. The summed E-state index contributed by atoms with van der Waals surface area (Å²) in [6, 6.07) is 7.19. The molecular formula is C11H12ClNO. The molecule has 1 rings (SSSR count). The van der Waals surface area contributed by atoms with E-state index in [1.54, 1.807) is 12.1 Å². The average Bonchev–Trinajstić information content (AvgIpc) is 2.21. The zero-order chi connectivity index (χ0) is 10.4. The van der Waals surface area contributed by atoms with Crippen molar-refractivity contribution in [3.63, 3.8) is 0 Å². The highest BCUT2D eigenvalue weighted by atomic mass is 35.5. The summed E-state index contributed by atoms with van der Waals surface area (Å²) in [5, 5.41) is 12.8. The van der Waals surface area contributed by atoms with E-state index in [4.69, 9.17) is 23.1 Å². The molecule has 2 N–H and O–H groups in total. The van der Waals surface area contributed by atoms with Crippen molar-refractivity contribution in [1.29, 1.82) is 0 Å². The van der Waals surface area contributed by atoms with E-state index in [9.17, 15) is 0 Å². The minimum absolute atomic E-state index is 0.0172. The lowest BCUT2D eigenvalue weighted by Crippen LogP contribution is -2.24. The first kappa shape index (κ1) is 11.1. The summed E-state index contributed by atoms with van der Waals surface area (Å²) in [6.45, 7) is 0.456. The molecule has 0 spiro atoms. The van der Waals surface area contributed by atoms with Crippen LogP contribution in [0.4, 0.5) is 0 Å². The van der Waals surface area contributed by atoms with Crippen LogP contribution in [-0.4, -0.2) is 18.3 Å². The van der Waals surface area contributed by atoms with E-state index in [1.807, 2.05) is 12.1 Å². The number of terminal acetylenes is 1. The van der Waals surface area contributed by atoms with Gasteiger partial charge in [-0.2, -0.15) is 0 Å². The Hall–Kier alpha value is -1.01. The molecule has 0 aliphatic carbocycles. The fourth-order valence-corrected chi connectivity index (χ4v) is 1.29. The van der Waals surface area contributed by atoms with Gasteiger partial charge in [-0.25, -0.2) is 0 Å². The van der Waals surface area contributed by atoms with Crippen LogP contribution in [0.3, 0.4) is 0 Å². The molecule has 3 heteroatoms. The summed E-state index contributed by atoms with van der Waals surface area (Å²) >= 11 is 5.75. The first-order chi connectivity index (χ1) is 6.77. The second-order valence-corrected chi connectivity index (χ2v) is 3.31. The van der Waals surface area contributed by atoms with Crippen LogP contribution in [0, 0.1) is 12.3 Å². The fraction of sp³-hybridized carbons (Fsp3) is 0.273. The Kier molecular flexibility index (Phi) is 4.48. The topological polar surface area (TPSA) is 32.3 Å². The normalized spacial score (nSPS) is 12.1. The van der Waals surface area contributed by atoms with Crippen LogP contribution < -0.4 is 5.32 Å². The first-order valence-corrected chi connectivity index (χ1v) is 4.69. The van der Waals surface area contributed by atoms with Crippen LogP contribution in [0.2, 0.25) is 5.02 Å². The molecule has 0 amide bonds. The van der Waals surface area contributed by atoms with Gasteiger partial charge in [0, 0.05) is 5.02 Å². The number of hydrogen-bond acceptors (Lipinski definition) is 2. The van der Waals surface area contributed by atoms with Crippen LogP contribution in [-0.2, 0) is 0 Å². The number of aliphatic hydroxyl groups is 1. The summed E-state index contributed by atoms with van der Waals surface area (Å²) in [5.74, 6) is 2.47. The van der Waals surface area contributed by atoms with Gasteiger partial charge in [0.25, 0.3) is 0 Å². The van der Waals surface area contributed by atoms with E-state index in [0.29, 0.717) is 11.6 Å². The number of aliphatic hydroxyl groups excluding tert-OH is 1. The number of nitrogens with one attached hydrogen (secondary N) is 1. The maximum absolute atomic E-state index is 9.11. The molecule has 0 bridgehead atoms. The summed E-state index contributed by atoms with van der Waals surface area (Å²) in [5.41, 5.74) is 0.979. The highest BCUT2D eigenvalue weighted by Crippen LogP contribution is 2.15. The van der Waals surface area contributed by atoms with Gasteiger partial charge < -0.3 is 5.11 Å². The van der Waals surface area contributed by atoms with Crippen LogP contribution in [0.25, 0.3) is 0 Å². The number of benzene rings is 1. The van der Waals surface area contributed by atoms with Crippen LogP contribution >= 0.6 is 11.6 Å². The van der Waals surface area contributed by atoms with Crippen LogP contribution in [0.1, 0.15) is 11.6 Å². The van der Waals surface area contributed by atoms with E-state index in [2.05, 4.69) is 11.2 Å². The van der Waals surface area contributed by atoms with Crippen molar-refractivity contribution in [3.8, 4) is 12.3 Å². The molecule has 0 aliphatic rings. The van der Waals surface area contributed by atoms with Gasteiger partial charge >= 0.3 is 0 Å². The molecule has 0 saturated carbocycles. The highest BCUT2D eigenvalue weighted by molar-refractivity contribution is 6.30. The molecule has 0 heterocycles. The second kappa shape index (κ2) is 5.66. The largest absolute Gasteiger partial charge is 0.394 e. The average molecular weight is 210 g/mol. The first-order valence-electron chi connectivity index (χ1n) is 4.31. The minimum Gasteiger partial charge on any atom is -0.394 e. The quantitative estimate of drug-likeness (QED) is 0.739. The van der Waals surface area contributed by atoms with Gasteiger partial charge in [-0.1, -0.05) is 29.7 Å². The van der Waals surface area contributed by atoms with Crippen molar-refractivity contribution in [1.82, 2.24) is 5.32 Å². The zero-order valence-corrected chi connectivity index (χ0v) is 8.46. The Labute approximate surface area is 88.9 Å². The minimum atomic E-state index is -0.122. The van der Waals surface area contributed by atoms with Gasteiger partial charge in [0.1, 0.15) is 0 Å².